The molecule has 1 aliphatic heterocycles. The van der Waals surface area contributed by atoms with Gasteiger partial charge in [-0.3, -0.25) is 4.79 Å². The molecular weight excluding hydrogens is 306 g/mol. The number of nitrogens with zero attached hydrogens (tertiary/aromatic N) is 1. The van der Waals surface area contributed by atoms with Gasteiger partial charge >= 0.3 is 0 Å². The largest absolute Gasteiger partial charge is 0.371 e. The van der Waals surface area contributed by atoms with Gasteiger partial charge in [0.25, 0.3) is 0 Å². The fourth-order valence-electron chi connectivity index (χ4n) is 3.08. The second kappa shape index (κ2) is 7.75. The topological polar surface area (TPSA) is 29.5 Å². The van der Waals surface area contributed by atoms with Gasteiger partial charge in [0.15, 0.2) is 0 Å². The van der Waals surface area contributed by atoms with E-state index in [9.17, 15) is 4.79 Å². The predicted molar refractivity (Wildman–Crippen MR) is 93.7 cm³/mol. The lowest BCUT2D eigenvalue weighted by Crippen LogP contribution is -2.49. The van der Waals surface area contributed by atoms with E-state index in [4.69, 9.17) is 4.74 Å². The quantitative estimate of drug-likeness (QED) is 0.840. The molecule has 2 unspecified atom stereocenters. The van der Waals surface area contributed by atoms with Crippen LogP contribution in [-0.4, -0.2) is 36.1 Å². The summed E-state index contributed by atoms with van der Waals surface area (Å²) in [6.45, 7) is 3.45. The van der Waals surface area contributed by atoms with E-state index in [1.54, 1.807) is 11.3 Å². The van der Waals surface area contributed by atoms with Crippen molar-refractivity contribution in [3.63, 3.8) is 0 Å². The molecule has 2 heterocycles. The first kappa shape index (κ1) is 16.2. The smallest absolute Gasteiger partial charge is 0.223 e. The minimum Gasteiger partial charge on any atom is -0.371 e. The maximum absolute atomic E-state index is 12.5. The van der Waals surface area contributed by atoms with Crippen molar-refractivity contribution in [3.05, 3.63) is 58.3 Å². The molecule has 0 N–H and O–H groups in total. The Bertz CT molecular complexity index is 612. The van der Waals surface area contributed by atoms with Crippen molar-refractivity contribution in [1.82, 2.24) is 4.90 Å². The third kappa shape index (κ3) is 4.66. The van der Waals surface area contributed by atoms with Gasteiger partial charge in [0.05, 0.1) is 12.2 Å². The lowest BCUT2D eigenvalue weighted by atomic mass is 10.1. The Morgan fingerprint density at radius 1 is 1.22 bits per heavy atom. The molecule has 1 aromatic carbocycles. The van der Waals surface area contributed by atoms with Crippen LogP contribution in [0, 0.1) is 0 Å². The zero-order chi connectivity index (χ0) is 16.1. The standard InChI is InChI=1S/C19H23NO2S/c1-15-13-20(19(21)10-9-18-8-5-11-23-18)14-17(22-15)12-16-6-3-2-4-7-16/h2-8,11,15,17H,9-10,12-14H2,1H3. The molecule has 2 atom stereocenters. The Morgan fingerprint density at radius 2 is 2.04 bits per heavy atom. The molecule has 1 amide bonds. The van der Waals surface area contributed by atoms with Crippen molar-refractivity contribution in [1.29, 1.82) is 0 Å². The van der Waals surface area contributed by atoms with E-state index >= 15 is 0 Å². The molecule has 1 fully saturated rings. The highest BCUT2D eigenvalue weighted by Crippen LogP contribution is 2.18. The number of amides is 1. The van der Waals surface area contributed by atoms with E-state index < -0.39 is 0 Å². The van der Waals surface area contributed by atoms with Crippen molar-refractivity contribution in [2.75, 3.05) is 13.1 Å². The molecule has 2 aromatic rings. The van der Waals surface area contributed by atoms with E-state index in [1.165, 1.54) is 10.4 Å². The molecule has 23 heavy (non-hydrogen) atoms. The van der Waals surface area contributed by atoms with Gasteiger partial charge < -0.3 is 9.64 Å². The van der Waals surface area contributed by atoms with Crippen molar-refractivity contribution in [3.8, 4) is 0 Å². The number of thiophene rings is 1. The molecule has 0 saturated carbocycles. The van der Waals surface area contributed by atoms with Crippen LogP contribution in [0.2, 0.25) is 0 Å². The van der Waals surface area contributed by atoms with Crippen LogP contribution >= 0.6 is 11.3 Å². The molecule has 0 bridgehead atoms. The van der Waals surface area contributed by atoms with E-state index in [0.29, 0.717) is 19.5 Å². The van der Waals surface area contributed by atoms with Gasteiger partial charge in [-0.1, -0.05) is 36.4 Å². The van der Waals surface area contributed by atoms with Gasteiger partial charge in [0, 0.05) is 30.8 Å². The highest BCUT2D eigenvalue weighted by atomic mass is 32.1. The number of carbonyl (C=O) groups is 1. The Hall–Kier alpha value is -1.65. The van der Waals surface area contributed by atoms with Crippen LogP contribution in [-0.2, 0) is 22.4 Å². The Balaban J connectivity index is 1.55. The minimum atomic E-state index is 0.0897. The maximum atomic E-state index is 12.5. The molecule has 1 aliphatic rings. The van der Waals surface area contributed by atoms with E-state index in [2.05, 4.69) is 30.5 Å². The molecule has 4 heteroatoms. The molecule has 0 spiro atoms. The van der Waals surface area contributed by atoms with Crippen LogP contribution in [0.5, 0.6) is 0 Å². The Labute approximate surface area is 141 Å². The monoisotopic (exact) mass is 329 g/mol. The number of hydrogen-bond donors (Lipinski definition) is 0. The number of rotatable bonds is 5. The highest BCUT2D eigenvalue weighted by molar-refractivity contribution is 7.09. The first-order valence-corrected chi connectivity index (χ1v) is 9.08. The third-order valence-electron chi connectivity index (χ3n) is 4.15. The summed E-state index contributed by atoms with van der Waals surface area (Å²) in [7, 11) is 0. The molecule has 3 rings (SSSR count). The fraction of sp³-hybridized carbons (Fsp3) is 0.421. The summed E-state index contributed by atoms with van der Waals surface area (Å²) >= 11 is 1.72. The van der Waals surface area contributed by atoms with Crippen molar-refractivity contribution in [2.45, 2.75) is 38.4 Å². The number of morpholine rings is 1. The molecule has 0 radical (unpaired) electrons. The van der Waals surface area contributed by atoms with E-state index in [-0.39, 0.29) is 18.1 Å². The Morgan fingerprint density at radius 3 is 2.78 bits per heavy atom. The van der Waals surface area contributed by atoms with Gasteiger partial charge in [0.2, 0.25) is 5.91 Å². The van der Waals surface area contributed by atoms with Gasteiger partial charge in [-0.15, -0.1) is 11.3 Å². The first-order valence-electron chi connectivity index (χ1n) is 8.20. The summed E-state index contributed by atoms with van der Waals surface area (Å²) in [5.41, 5.74) is 1.26. The fourth-order valence-corrected chi connectivity index (χ4v) is 3.79. The summed E-state index contributed by atoms with van der Waals surface area (Å²) < 4.78 is 6.03. The summed E-state index contributed by atoms with van der Waals surface area (Å²) in [6.07, 6.45) is 2.48. The van der Waals surface area contributed by atoms with Crippen molar-refractivity contribution < 1.29 is 9.53 Å². The SMILES string of the molecule is CC1CN(C(=O)CCc2cccs2)CC(Cc2ccccc2)O1. The number of ether oxygens (including phenoxy) is 1. The van der Waals surface area contributed by atoms with Crippen LogP contribution < -0.4 is 0 Å². The van der Waals surface area contributed by atoms with Crippen molar-refractivity contribution >= 4 is 17.2 Å². The molecule has 3 nitrogen and oxygen atoms in total. The summed E-state index contributed by atoms with van der Waals surface area (Å²) in [5.74, 6) is 0.242. The number of benzene rings is 1. The predicted octanol–water partition coefficient (Wildman–Crippen LogP) is 3.54. The number of hydrogen-bond acceptors (Lipinski definition) is 3. The minimum absolute atomic E-state index is 0.0897. The van der Waals surface area contributed by atoms with Crippen LogP contribution in [0.3, 0.4) is 0 Å². The average molecular weight is 329 g/mol. The van der Waals surface area contributed by atoms with Crippen LogP contribution in [0.25, 0.3) is 0 Å². The van der Waals surface area contributed by atoms with Gasteiger partial charge in [0.1, 0.15) is 0 Å². The van der Waals surface area contributed by atoms with Crippen molar-refractivity contribution in [2.24, 2.45) is 0 Å². The summed E-state index contributed by atoms with van der Waals surface area (Å²) in [4.78, 5) is 15.8. The molecule has 1 saturated heterocycles. The van der Waals surface area contributed by atoms with Gasteiger partial charge in [-0.25, -0.2) is 0 Å². The first-order chi connectivity index (χ1) is 11.2. The van der Waals surface area contributed by atoms with Crippen LogP contribution in [0.1, 0.15) is 23.8 Å². The second-order valence-corrected chi connectivity index (χ2v) is 7.17. The summed E-state index contributed by atoms with van der Waals surface area (Å²) in [6, 6.07) is 14.5. The molecule has 122 valence electrons. The molecular formula is C19H23NO2S. The summed E-state index contributed by atoms with van der Waals surface area (Å²) in [5, 5.41) is 2.06. The zero-order valence-electron chi connectivity index (χ0n) is 13.5. The van der Waals surface area contributed by atoms with Crippen LogP contribution in [0.15, 0.2) is 47.8 Å². The molecule has 1 aromatic heterocycles. The van der Waals surface area contributed by atoms with Gasteiger partial charge in [-0.05, 0) is 30.4 Å². The Kier molecular flexibility index (Phi) is 5.47. The normalized spacial score (nSPS) is 21.3. The molecule has 0 aliphatic carbocycles. The highest BCUT2D eigenvalue weighted by Gasteiger charge is 2.28. The zero-order valence-corrected chi connectivity index (χ0v) is 14.3. The van der Waals surface area contributed by atoms with Gasteiger partial charge in [-0.2, -0.15) is 0 Å². The number of carbonyl (C=O) groups excluding carboxylic acids is 1. The van der Waals surface area contributed by atoms with E-state index in [1.807, 2.05) is 29.2 Å². The third-order valence-corrected chi connectivity index (χ3v) is 5.09. The lowest BCUT2D eigenvalue weighted by molar-refractivity contribution is -0.144. The number of aryl methyl sites for hydroxylation is 1. The lowest BCUT2D eigenvalue weighted by Gasteiger charge is -2.37. The maximum Gasteiger partial charge on any atom is 0.223 e. The average Bonchev–Trinajstić information content (AvgIpc) is 3.06. The second-order valence-electron chi connectivity index (χ2n) is 6.14. The van der Waals surface area contributed by atoms with E-state index in [0.717, 1.165) is 12.8 Å². The van der Waals surface area contributed by atoms with Crippen LogP contribution in [0.4, 0.5) is 0 Å².